The molecule has 1 aliphatic rings. The fourth-order valence-electron chi connectivity index (χ4n) is 3.34. The highest BCUT2D eigenvalue weighted by molar-refractivity contribution is 6.30. The van der Waals surface area contributed by atoms with Crippen LogP contribution in [0, 0.1) is 0 Å². The van der Waals surface area contributed by atoms with Crippen LogP contribution in [0.5, 0.6) is 5.75 Å². The number of fused-ring (bicyclic) bond motifs is 1. The predicted molar refractivity (Wildman–Crippen MR) is 103 cm³/mol. The Labute approximate surface area is 166 Å². The van der Waals surface area contributed by atoms with Gasteiger partial charge in [-0.1, -0.05) is 11.6 Å². The first kappa shape index (κ1) is 18.4. The summed E-state index contributed by atoms with van der Waals surface area (Å²) in [5.74, 6) is 0.126. The summed E-state index contributed by atoms with van der Waals surface area (Å²) in [6.45, 7) is 1.17. The van der Waals surface area contributed by atoms with Crippen molar-refractivity contribution in [2.75, 3.05) is 20.2 Å². The van der Waals surface area contributed by atoms with Gasteiger partial charge in [0.15, 0.2) is 5.58 Å². The molecule has 0 radical (unpaired) electrons. The third-order valence-electron chi connectivity index (χ3n) is 4.84. The highest BCUT2D eigenvalue weighted by Crippen LogP contribution is 2.25. The van der Waals surface area contributed by atoms with Crippen LogP contribution >= 0.6 is 11.6 Å². The van der Waals surface area contributed by atoms with E-state index in [2.05, 4.69) is 4.98 Å². The highest BCUT2D eigenvalue weighted by Gasteiger charge is 2.27. The van der Waals surface area contributed by atoms with Crippen LogP contribution in [0.25, 0.3) is 11.1 Å². The number of aromatic nitrogens is 1. The van der Waals surface area contributed by atoms with Crippen molar-refractivity contribution in [2.45, 2.75) is 18.9 Å². The Balaban J connectivity index is 1.40. The molecule has 7 nitrogen and oxygen atoms in total. The van der Waals surface area contributed by atoms with Crippen LogP contribution in [0.1, 0.15) is 33.7 Å². The average molecular weight is 403 g/mol. The van der Waals surface area contributed by atoms with Gasteiger partial charge in [-0.2, -0.15) is 0 Å². The average Bonchev–Trinajstić information content (AvgIpc) is 3.30. The molecule has 0 unspecified atom stereocenters. The summed E-state index contributed by atoms with van der Waals surface area (Å²) in [5, 5.41) is 0.666. The lowest BCUT2D eigenvalue weighted by Crippen LogP contribution is -2.41. The minimum absolute atomic E-state index is 0.0519. The molecule has 1 N–H and O–H groups in total. The van der Waals surface area contributed by atoms with Gasteiger partial charge >= 0.3 is 5.97 Å². The van der Waals surface area contributed by atoms with Crippen molar-refractivity contribution in [3.05, 3.63) is 52.9 Å². The molecule has 1 fully saturated rings. The van der Waals surface area contributed by atoms with Crippen LogP contribution < -0.4 is 4.74 Å². The normalized spacial score (nSPS) is 15.0. The Bertz CT molecular complexity index is 999. The second-order valence-electron chi connectivity index (χ2n) is 6.63. The molecule has 4 rings (SSSR count). The van der Waals surface area contributed by atoms with Crippen molar-refractivity contribution < 1.29 is 23.5 Å². The number of halogens is 1. The molecule has 2 aromatic heterocycles. The van der Waals surface area contributed by atoms with E-state index in [1.165, 1.54) is 13.4 Å². The van der Waals surface area contributed by atoms with Crippen molar-refractivity contribution in [1.82, 2.24) is 9.88 Å². The van der Waals surface area contributed by atoms with Gasteiger partial charge in [0.2, 0.25) is 0 Å². The van der Waals surface area contributed by atoms with E-state index in [0.29, 0.717) is 34.9 Å². The first-order valence-corrected chi connectivity index (χ1v) is 9.33. The number of carbonyl (C=O) groups is 2. The molecule has 146 valence electrons. The summed E-state index contributed by atoms with van der Waals surface area (Å²) >= 11 is 5.89. The van der Waals surface area contributed by atoms with Crippen molar-refractivity contribution in [2.24, 2.45) is 0 Å². The fourth-order valence-corrected chi connectivity index (χ4v) is 3.46. The van der Waals surface area contributed by atoms with Crippen LogP contribution in [0.15, 0.2) is 41.0 Å². The van der Waals surface area contributed by atoms with E-state index in [4.69, 9.17) is 25.5 Å². The number of hydrogen-bond donors (Lipinski definition) is 1. The molecule has 1 amide bonds. The van der Waals surface area contributed by atoms with Crippen molar-refractivity contribution in [3.8, 4) is 5.75 Å². The maximum atomic E-state index is 12.8. The number of ether oxygens (including phenoxy) is 2. The Morgan fingerprint density at radius 3 is 2.61 bits per heavy atom. The monoisotopic (exact) mass is 402 g/mol. The number of esters is 1. The fraction of sp³-hybridized carbons (Fsp3) is 0.300. The number of rotatable bonds is 4. The zero-order valence-electron chi connectivity index (χ0n) is 15.2. The number of hydrogen-bond acceptors (Lipinski definition) is 5. The molecule has 0 atom stereocenters. The number of piperidine rings is 1. The van der Waals surface area contributed by atoms with E-state index in [0.717, 1.165) is 18.6 Å². The van der Waals surface area contributed by atoms with E-state index in [1.54, 1.807) is 23.1 Å². The number of aromatic amines is 1. The van der Waals surface area contributed by atoms with E-state index in [1.807, 2.05) is 12.1 Å². The van der Waals surface area contributed by atoms with Crippen LogP contribution in [0.3, 0.4) is 0 Å². The minimum atomic E-state index is -0.514. The Morgan fingerprint density at radius 1 is 1.21 bits per heavy atom. The lowest BCUT2D eigenvalue weighted by atomic mass is 10.1. The van der Waals surface area contributed by atoms with Gasteiger partial charge in [0.1, 0.15) is 29.4 Å². The molecule has 0 aliphatic carbocycles. The Morgan fingerprint density at radius 2 is 1.93 bits per heavy atom. The molecule has 3 heterocycles. The molecule has 1 saturated heterocycles. The van der Waals surface area contributed by atoms with E-state index in [-0.39, 0.29) is 17.6 Å². The summed E-state index contributed by atoms with van der Waals surface area (Å²) in [6, 6.07) is 8.87. The number of methoxy groups -OCH3 is 1. The zero-order chi connectivity index (χ0) is 19.7. The Kier molecular flexibility index (Phi) is 5.00. The molecule has 3 aromatic rings. The summed E-state index contributed by atoms with van der Waals surface area (Å²) < 4.78 is 16.0. The first-order valence-electron chi connectivity index (χ1n) is 8.95. The first-order chi connectivity index (χ1) is 13.5. The minimum Gasteiger partial charge on any atom is -0.490 e. The molecule has 28 heavy (non-hydrogen) atoms. The van der Waals surface area contributed by atoms with Crippen molar-refractivity contribution in [1.29, 1.82) is 0 Å². The molecular formula is C20H19ClN2O5. The van der Waals surface area contributed by atoms with Gasteiger partial charge in [0, 0.05) is 37.0 Å². The van der Waals surface area contributed by atoms with Gasteiger partial charge in [0.25, 0.3) is 5.91 Å². The number of H-pyrrole nitrogens is 1. The van der Waals surface area contributed by atoms with Gasteiger partial charge in [0.05, 0.1) is 12.6 Å². The number of nitrogens with zero attached hydrogens (tertiary/aromatic N) is 1. The topological polar surface area (TPSA) is 84.8 Å². The van der Waals surface area contributed by atoms with Crippen molar-refractivity contribution in [3.63, 3.8) is 0 Å². The van der Waals surface area contributed by atoms with Gasteiger partial charge in [-0.25, -0.2) is 4.79 Å². The number of furan rings is 1. The van der Waals surface area contributed by atoms with Crippen molar-refractivity contribution >= 4 is 34.6 Å². The SMILES string of the molecule is COC(=O)c1coc2cc(C(=O)N3CCC(Oc4ccc(Cl)cc4)CC3)[nH]c12. The van der Waals surface area contributed by atoms with Gasteiger partial charge < -0.3 is 23.8 Å². The standard InChI is InChI=1S/C20H19ClN2O5/c1-26-20(25)15-11-27-17-10-16(22-18(15)17)19(24)23-8-6-14(7-9-23)28-13-4-2-12(21)3-5-13/h2-5,10-11,14,22H,6-9H2,1H3. The van der Waals surface area contributed by atoms with Gasteiger partial charge in [-0.15, -0.1) is 0 Å². The molecule has 1 aliphatic heterocycles. The van der Waals surface area contributed by atoms with Crippen LogP contribution in [-0.4, -0.2) is 48.1 Å². The lowest BCUT2D eigenvalue weighted by molar-refractivity contribution is 0.0583. The smallest absolute Gasteiger partial charge is 0.343 e. The number of likely N-dealkylation sites (tertiary alicyclic amines) is 1. The zero-order valence-corrected chi connectivity index (χ0v) is 16.0. The van der Waals surface area contributed by atoms with E-state index < -0.39 is 5.97 Å². The Hall–Kier alpha value is -2.93. The molecule has 0 spiro atoms. The predicted octanol–water partition coefficient (Wildman–Crippen LogP) is 3.88. The van der Waals surface area contributed by atoms with Gasteiger partial charge in [-0.05, 0) is 24.3 Å². The molecule has 0 saturated carbocycles. The molecular weight excluding hydrogens is 384 g/mol. The molecule has 8 heteroatoms. The largest absolute Gasteiger partial charge is 0.490 e. The number of nitrogens with one attached hydrogen (secondary N) is 1. The third-order valence-corrected chi connectivity index (χ3v) is 5.09. The van der Waals surface area contributed by atoms with E-state index >= 15 is 0 Å². The van der Waals surface area contributed by atoms with E-state index in [9.17, 15) is 9.59 Å². The number of carbonyl (C=O) groups excluding carboxylic acids is 2. The number of amides is 1. The quantitative estimate of drug-likeness (QED) is 0.669. The lowest BCUT2D eigenvalue weighted by Gasteiger charge is -2.32. The van der Waals surface area contributed by atoms with Crippen LogP contribution in [0.4, 0.5) is 0 Å². The summed E-state index contributed by atoms with van der Waals surface area (Å²) in [4.78, 5) is 29.3. The second-order valence-corrected chi connectivity index (χ2v) is 7.06. The summed E-state index contributed by atoms with van der Waals surface area (Å²) in [6.07, 6.45) is 2.84. The summed E-state index contributed by atoms with van der Waals surface area (Å²) in [7, 11) is 1.30. The number of benzene rings is 1. The van der Waals surface area contributed by atoms with Gasteiger partial charge in [-0.3, -0.25) is 4.79 Å². The maximum absolute atomic E-state index is 12.8. The molecule has 0 bridgehead atoms. The van der Waals surface area contributed by atoms with Crippen LogP contribution in [0.2, 0.25) is 5.02 Å². The molecule has 1 aromatic carbocycles. The van der Waals surface area contributed by atoms with Crippen LogP contribution in [-0.2, 0) is 4.74 Å². The third kappa shape index (κ3) is 3.57. The highest BCUT2D eigenvalue weighted by atomic mass is 35.5. The maximum Gasteiger partial charge on any atom is 0.343 e. The summed E-state index contributed by atoms with van der Waals surface area (Å²) in [5.41, 5.74) is 1.57. The second kappa shape index (κ2) is 7.59.